The number of hydrogen-bond acceptors (Lipinski definition) is 2. The van der Waals surface area contributed by atoms with Crippen LogP contribution in [0.2, 0.25) is 10.0 Å². The molecule has 0 radical (unpaired) electrons. The van der Waals surface area contributed by atoms with Crippen LogP contribution >= 0.6 is 35.4 Å². The number of nitrogens with one attached hydrogen (secondary N) is 1. The van der Waals surface area contributed by atoms with Crippen molar-refractivity contribution in [1.82, 2.24) is 9.97 Å². The zero-order valence-corrected chi connectivity index (χ0v) is 13.2. The molecule has 3 rings (SSSR count). The van der Waals surface area contributed by atoms with Gasteiger partial charge in [0.2, 0.25) is 0 Å². The topological polar surface area (TPSA) is 28.7 Å². The Morgan fingerprint density at radius 1 is 1.05 bits per heavy atom. The van der Waals surface area contributed by atoms with E-state index < -0.39 is 0 Å². The van der Waals surface area contributed by atoms with Crippen molar-refractivity contribution in [2.24, 2.45) is 0 Å². The van der Waals surface area contributed by atoms with Crippen molar-refractivity contribution in [3.63, 3.8) is 0 Å². The molecular weight excluding hydrogens is 311 g/mol. The van der Waals surface area contributed by atoms with Gasteiger partial charge in [0.05, 0.1) is 0 Å². The van der Waals surface area contributed by atoms with Crippen LogP contribution in [-0.2, 0) is 0 Å². The van der Waals surface area contributed by atoms with Gasteiger partial charge in [-0.25, -0.2) is 4.98 Å². The van der Waals surface area contributed by atoms with E-state index in [-0.39, 0.29) is 0 Å². The zero-order valence-electron chi connectivity index (χ0n) is 10.8. The quantitative estimate of drug-likeness (QED) is 0.710. The standard InChI is InChI=1S/C15H14Cl2N2S/c16-11-5-10(6-12(17)7-11)15-18-13(8-14(20)19-15)9-3-1-2-4-9/h5-9H,1-4H2,(H,18,19,20). The van der Waals surface area contributed by atoms with Crippen molar-refractivity contribution in [1.29, 1.82) is 0 Å². The van der Waals surface area contributed by atoms with Gasteiger partial charge in [-0.05, 0) is 43.0 Å². The predicted octanol–water partition coefficient (Wildman–Crippen LogP) is 5.77. The largest absolute Gasteiger partial charge is 0.343 e. The fraction of sp³-hybridized carbons (Fsp3) is 0.333. The molecule has 1 fully saturated rings. The van der Waals surface area contributed by atoms with Gasteiger partial charge in [0, 0.05) is 21.3 Å². The van der Waals surface area contributed by atoms with Crippen molar-refractivity contribution >= 4 is 35.4 Å². The minimum absolute atomic E-state index is 0.563. The first kappa shape index (κ1) is 14.1. The smallest absolute Gasteiger partial charge is 0.139 e. The molecule has 1 aliphatic rings. The van der Waals surface area contributed by atoms with E-state index in [1.165, 1.54) is 31.4 Å². The van der Waals surface area contributed by atoms with Crippen LogP contribution < -0.4 is 0 Å². The summed E-state index contributed by atoms with van der Waals surface area (Å²) in [6.07, 6.45) is 4.99. The van der Waals surface area contributed by atoms with Gasteiger partial charge in [0.25, 0.3) is 0 Å². The molecule has 20 heavy (non-hydrogen) atoms. The Morgan fingerprint density at radius 3 is 2.35 bits per heavy atom. The molecule has 1 aromatic heterocycles. The highest BCUT2D eigenvalue weighted by Crippen LogP contribution is 2.34. The van der Waals surface area contributed by atoms with Crippen LogP contribution in [0.4, 0.5) is 0 Å². The Balaban J connectivity index is 2.06. The van der Waals surface area contributed by atoms with Crippen LogP contribution in [0.1, 0.15) is 37.3 Å². The van der Waals surface area contributed by atoms with Crippen LogP contribution in [0, 0.1) is 4.64 Å². The molecule has 0 amide bonds. The summed E-state index contributed by atoms with van der Waals surface area (Å²) in [6, 6.07) is 7.38. The third-order valence-corrected chi connectivity index (χ3v) is 4.34. The molecule has 0 atom stereocenters. The van der Waals surface area contributed by atoms with Gasteiger partial charge >= 0.3 is 0 Å². The molecule has 1 N–H and O–H groups in total. The molecule has 0 unspecified atom stereocenters. The predicted molar refractivity (Wildman–Crippen MR) is 86.1 cm³/mol. The number of H-pyrrole nitrogens is 1. The molecule has 104 valence electrons. The highest BCUT2D eigenvalue weighted by molar-refractivity contribution is 7.71. The van der Waals surface area contributed by atoms with E-state index in [4.69, 9.17) is 35.4 Å². The first-order valence-electron chi connectivity index (χ1n) is 6.69. The highest BCUT2D eigenvalue weighted by atomic mass is 35.5. The van der Waals surface area contributed by atoms with Crippen molar-refractivity contribution in [2.75, 3.05) is 0 Å². The second-order valence-electron chi connectivity index (χ2n) is 5.16. The van der Waals surface area contributed by atoms with Crippen LogP contribution in [0.15, 0.2) is 24.3 Å². The third-order valence-electron chi connectivity index (χ3n) is 3.69. The Labute approximate surface area is 133 Å². The number of nitrogens with zero attached hydrogens (tertiary/aromatic N) is 1. The minimum atomic E-state index is 0.563. The van der Waals surface area contributed by atoms with E-state index in [1.807, 2.05) is 18.2 Å². The molecule has 2 nitrogen and oxygen atoms in total. The Bertz CT molecular complexity index is 670. The lowest BCUT2D eigenvalue weighted by Crippen LogP contribution is -2.00. The first-order chi connectivity index (χ1) is 9.61. The van der Waals surface area contributed by atoms with E-state index in [2.05, 4.69) is 9.97 Å². The summed E-state index contributed by atoms with van der Waals surface area (Å²) in [5.41, 5.74) is 2.04. The van der Waals surface area contributed by atoms with E-state index in [1.54, 1.807) is 6.07 Å². The van der Waals surface area contributed by atoms with Gasteiger partial charge in [-0.3, -0.25) is 0 Å². The lowest BCUT2D eigenvalue weighted by Gasteiger charge is -2.12. The van der Waals surface area contributed by atoms with Gasteiger partial charge < -0.3 is 4.98 Å². The lowest BCUT2D eigenvalue weighted by atomic mass is 10.0. The Hall–Kier alpha value is -0.900. The summed E-state index contributed by atoms with van der Waals surface area (Å²) in [6.45, 7) is 0. The maximum atomic E-state index is 6.05. The molecule has 0 saturated heterocycles. The molecule has 2 aromatic rings. The molecule has 0 spiro atoms. The summed E-state index contributed by atoms with van der Waals surface area (Å²) in [5, 5.41) is 1.19. The van der Waals surface area contributed by atoms with E-state index in [9.17, 15) is 0 Å². The Morgan fingerprint density at radius 2 is 1.70 bits per heavy atom. The van der Waals surface area contributed by atoms with Gasteiger partial charge in [0.1, 0.15) is 10.5 Å². The molecule has 1 aliphatic carbocycles. The second-order valence-corrected chi connectivity index (χ2v) is 6.45. The number of aromatic amines is 1. The number of aromatic nitrogens is 2. The normalized spacial score (nSPS) is 15.7. The minimum Gasteiger partial charge on any atom is -0.343 e. The molecule has 1 aromatic carbocycles. The fourth-order valence-corrected chi connectivity index (χ4v) is 3.50. The van der Waals surface area contributed by atoms with Gasteiger partial charge in [-0.1, -0.05) is 48.3 Å². The summed E-state index contributed by atoms with van der Waals surface area (Å²) < 4.78 is 0.608. The average molecular weight is 325 g/mol. The maximum Gasteiger partial charge on any atom is 0.139 e. The molecule has 1 saturated carbocycles. The van der Waals surface area contributed by atoms with Crippen molar-refractivity contribution in [2.45, 2.75) is 31.6 Å². The molecule has 0 bridgehead atoms. The summed E-state index contributed by atoms with van der Waals surface area (Å²) >= 11 is 17.4. The van der Waals surface area contributed by atoms with Crippen LogP contribution in [0.3, 0.4) is 0 Å². The van der Waals surface area contributed by atoms with Crippen molar-refractivity contribution < 1.29 is 0 Å². The average Bonchev–Trinajstić information content (AvgIpc) is 2.90. The van der Waals surface area contributed by atoms with Crippen LogP contribution in [0.25, 0.3) is 11.4 Å². The molecular formula is C15H14Cl2N2S. The third kappa shape index (κ3) is 3.05. The first-order valence-corrected chi connectivity index (χ1v) is 7.86. The fourth-order valence-electron chi connectivity index (χ4n) is 2.76. The zero-order chi connectivity index (χ0) is 14.1. The lowest BCUT2D eigenvalue weighted by molar-refractivity contribution is 0.694. The van der Waals surface area contributed by atoms with E-state index in [0.29, 0.717) is 20.6 Å². The number of hydrogen-bond donors (Lipinski definition) is 1. The van der Waals surface area contributed by atoms with Crippen molar-refractivity contribution in [3.8, 4) is 11.4 Å². The Kier molecular flexibility index (Phi) is 4.11. The number of rotatable bonds is 2. The second kappa shape index (κ2) is 5.84. The maximum absolute atomic E-state index is 6.05. The van der Waals surface area contributed by atoms with Gasteiger partial charge in [-0.15, -0.1) is 0 Å². The van der Waals surface area contributed by atoms with Gasteiger partial charge in [0.15, 0.2) is 0 Å². The summed E-state index contributed by atoms with van der Waals surface area (Å²) in [4.78, 5) is 7.80. The van der Waals surface area contributed by atoms with E-state index >= 15 is 0 Å². The summed E-state index contributed by atoms with van der Waals surface area (Å²) in [5.74, 6) is 1.30. The van der Waals surface area contributed by atoms with Crippen LogP contribution in [0.5, 0.6) is 0 Å². The number of benzene rings is 1. The van der Waals surface area contributed by atoms with Gasteiger partial charge in [-0.2, -0.15) is 0 Å². The summed E-state index contributed by atoms with van der Waals surface area (Å²) in [7, 11) is 0. The van der Waals surface area contributed by atoms with Crippen LogP contribution in [-0.4, -0.2) is 9.97 Å². The number of halogens is 2. The molecule has 1 heterocycles. The monoisotopic (exact) mass is 324 g/mol. The molecule has 0 aliphatic heterocycles. The SMILES string of the molecule is S=c1cc(C2CCCC2)[nH]c(-c2cc(Cl)cc(Cl)c2)n1. The van der Waals surface area contributed by atoms with E-state index in [0.717, 1.165) is 11.4 Å². The van der Waals surface area contributed by atoms with Crippen molar-refractivity contribution in [3.05, 3.63) is 44.6 Å². The molecule has 5 heteroatoms. The highest BCUT2D eigenvalue weighted by Gasteiger charge is 2.18.